The predicted molar refractivity (Wildman–Crippen MR) is 137 cm³/mol. The van der Waals surface area contributed by atoms with Gasteiger partial charge in [0.05, 0.1) is 45.4 Å². The molecule has 10 nitrogen and oxygen atoms in total. The largest absolute Gasteiger partial charge is 0.478 e. The topological polar surface area (TPSA) is 145 Å². The van der Waals surface area contributed by atoms with Gasteiger partial charge < -0.3 is 24.0 Å². The Labute approximate surface area is 219 Å². The number of aromatic carboxylic acids is 1. The number of benzene rings is 2. The van der Waals surface area contributed by atoms with Gasteiger partial charge in [-0.1, -0.05) is 11.6 Å². The highest BCUT2D eigenvalue weighted by Crippen LogP contribution is 2.32. The van der Waals surface area contributed by atoms with Gasteiger partial charge >= 0.3 is 11.9 Å². The van der Waals surface area contributed by atoms with Crippen LogP contribution in [-0.4, -0.2) is 39.0 Å². The van der Waals surface area contributed by atoms with Crippen LogP contribution in [0.25, 0.3) is 33.9 Å². The average molecular weight is 532 g/mol. The lowest BCUT2D eigenvalue weighted by Crippen LogP contribution is -2.30. The number of anilines is 1. The summed E-state index contributed by atoms with van der Waals surface area (Å²) in [6.07, 6.45) is 1.83. The van der Waals surface area contributed by atoms with Crippen LogP contribution < -0.4 is 5.32 Å². The van der Waals surface area contributed by atoms with Crippen LogP contribution in [0.2, 0.25) is 5.02 Å². The number of carboxylic acids is 1. The number of rotatable bonds is 7. The minimum Gasteiger partial charge on any atom is -0.478 e. The molecule has 0 saturated heterocycles. The molecule has 0 spiro atoms. The maximum atomic E-state index is 12.8. The molecule has 11 heteroatoms. The summed E-state index contributed by atoms with van der Waals surface area (Å²) in [5.74, 6) is -1.66. The van der Waals surface area contributed by atoms with E-state index >= 15 is 0 Å². The third-order valence-electron chi connectivity index (χ3n) is 5.53. The van der Waals surface area contributed by atoms with Crippen molar-refractivity contribution in [3.8, 4) is 22.9 Å². The van der Waals surface area contributed by atoms with Gasteiger partial charge in [0.15, 0.2) is 17.6 Å². The molecule has 38 heavy (non-hydrogen) atoms. The fourth-order valence-electron chi connectivity index (χ4n) is 3.62. The SMILES string of the molecule is CC(OC(=O)c1ccc2nc(-c3ccco3)c(-c3ccco3)nc2c1)C(=O)Nc1cc(C(=O)O)ccc1Cl. The second kappa shape index (κ2) is 10.2. The Kier molecular flexibility index (Phi) is 6.63. The van der Waals surface area contributed by atoms with E-state index in [-0.39, 0.29) is 21.8 Å². The molecule has 0 saturated carbocycles. The Bertz CT molecular complexity index is 1660. The monoisotopic (exact) mass is 531 g/mol. The Morgan fingerprint density at radius 2 is 1.53 bits per heavy atom. The first-order valence-corrected chi connectivity index (χ1v) is 11.6. The van der Waals surface area contributed by atoms with Crippen LogP contribution in [0.1, 0.15) is 27.6 Å². The molecule has 1 unspecified atom stereocenters. The highest BCUT2D eigenvalue weighted by molar-refractivity contribution is 6.34. The summed E-state index contributed by atoms with van der Waals surface area (Å²) >= 11 is 6.06. The van der Waals surface area contributed by atoms with Crippen molar-refractivity contribution in [2.45, 2.75) is 13.0 Å². The summed E-state index contributed by atoms with van der Waals surface area (Å²) in [6, 6.07) is 15.4. The fraction of sp³-hybridized carbons (Fsp3) is 0.0741. The van der Waals surface area contributed by atoms with Gasteiger partial charge in [-0.05, 0) is 67.6 Å². The van der Waals surface area contributed by atoms with Gasteiger partial charge in [0, 0.05) is 0 Å². The van der Waals surface area contributed by atoms with Gasteiger partial charge in [0.25, 0.3) is 5.91 Å². The number of carboxylic acid groups (broad SMARTS) is 1. The molecule has 5 aromatic rings. The number of hydrogen-bond acceptors (Lipinski definition) is 8. The minimum atomic E-state index is -1.21. The molecule has 1 atom stereocenters. The van der Waals surface area contributed by atoms with Crippen LogP contribution in [0.5, 0.6) is 0 Å². The lowest BCUT2D eigenvalue weighted by molar-refractivity contribution is -0.123. The molecule has 5 rings (SSSR count). The molecule has 190 valence electrons. The van der Waals surface area contributed by atoms with E-state index < -0.39 is 23.9 Å². The van der Waals surface area contributed by atoms with Crippen LogP contribution in [0.3, 0.4) is 0 Å². The zero-order valence-electron chi connectivity index (χ0n) is 19.7. The highest BCUT2D eigenvalue weighted by Gasteiger charge is 2.22. The molecule has 0 fully saturated rings. The van der Waals surface area contributed by atoms with Gasteiger partial charge in [-0.2, -0.15) is 0 Å². The molecule has 3 heterocycles. The molecular formula is C27H18ClN3O7. The van der Waals surface area contributed by atoms with Crippen molar-refractivity contribution >= 4 is 46.2 Å². The number of nitrogens with one attached hydrogen (secondary N) is 1. The fourth-order valence-corrected chi connectivity index (χ4v) is 3.79. The molecule has 1 amide bonds. The van der Waals surface area contributed by atoms with Crippen LogP contribution in [0.4, 0.5) is 5.69 Å². The van der Waals surface area contributed by atoms with E-state index in [1.807, 2.05) is 0 Å². The summed E-state index contributed by atoms with van der Waals surface area (Å²) in [5.41, 5.74) is 1.97. The van der Waals surface area contributed by atoms with Crippen molar-refractivity contribution in [3.05, 3.63) is 89.3 Å². The van der Waals surface area contributed by atoms with Gasteiger partial charge in [0.2, 0.25) is 0 Å². The molecule has 2 N–H and O–H groups in total. The normalized spacial score (nSPS) is 11.7. The van der Waals surface area contributed by atoms with E-state index in [2.05, 4.69) is 15.3 Å². The number of carbonyl (C=O) groups is 3. The third kappa shape index (κ3) is 4.97. The van der Waals surface area contributed by atoms with Crippen molar-refractivity contribution in [3.63, 3.8) is 0 Å². The Balaban J connectivity index is 1.38. The smallest absolute Gasteiger partial charge is 0.338 e. The van der Waals surface area contributed by atoms with Gasteiger partial charge in [-0.15, -0.1) is 0 Å². The number of fused-ring (bicyclic) bond motifs is 1. The summed E-state index contributed by atoms with van der Waals surface area (Å²) in [7, 11) is 0. The Morgan fingerprint density at radius 3 is 2.13 bits per heavy atom. The van der Waals surface area contributed by atoms with Crippen LogP contribution in [0.15, 0.2) is 82.0 Å². The quantitative estimate of drug-likeness (QED) is 0.253. The van der Waals surface area contributed by atoms with Gasteiger partial charge in [-0.25, -0.2) is 19.6 Å². The predicted octanol–water partition coefficient (Wildman–Crippen LogP) is 5.69. The van der Waals surface area contributed by atoms with Crippen LogP contribution in [0, 0.1) is 0 Å². The lowest BCUT2D eigenvalue weighted by Gasteiger charge is -2.15. The Morgan fingerprint density at radius 1 is 0.895 bits per heavy atom. The van der Waals surface area contributed by atoms with Crippen LogP contribution in [-0.2, 0) is 9.53 Å². The molecule has 0 bridgehead atoms. The Hall–Kier alpha value is -4.96. The van der Waals surface area contributed by atoms with Gasteiger partial charge in [-0.3, -0.25) is 4.79 Å². The minimum absolute atomic E-state index is 0.0595. The highest BCUT2D eigenvalue weighted by atomic mass is 35.5. The molecular weight excluding hydrogens is 514 g/mol. The molecule has 0 aliphatic heterocycles. The van der Waals surface area contributed by atoms with Gasteiger partial charge in [0.1, 0.15) is 11.4 Å². The number of hydrogen-bond donors (Lipinski definition) is 2. The second-order valence-corrected chi connectivity index (χ2v) is 8.52. The number of aromatic nitrogens is 2. The van der Waals surface area contributed by atoms with Crippen molar-refractivity contribution in [2.24, 2.45) is 0 Å². The van der Waals surface area contributed by atoms with E-state index in [4.69, 9.17) is 30.3 Å². The van der Waals surface area contributed by atoms with Crippen LogP contribution >= 0.6 is 11.6 Å². The van der Waals surface area contributed by atoms with E-state index in [0.29, 0.717) is 33.9 Å². The van der Waals surface area contributed by atoms with E-state index in [1.54, 1.807) is 30.3 Å². The molecule has 0 aliphatic carbocycles. The van der Waals surface area contributed by atoms with Crippen molar-refractivity contribution in [1.29, 1.82) is 0 Å². The summed E-state index contributed by atoms with van der Waals surface area (Å²) in [5, 5.41) is 11.8. The van der Waals surface area contributed by atoms with E-state index in [9.17, 15) is 14.4 Å². The second-order valence-electron chi connectivity index (χ2n) is 8.12. The van der Waals surface area contributed by atoms with E-state index in [0.717, 1.165) is 0 Å². The van der Waals surface area contributed by atoms with Crippen molar-refractivity contribution in [1.82, 2.24) is 9.97 Å². The number of esters is 1. The number of nitrogens with zero attached hydrogens (tertiary/aromatic N) is 2. The summed E-state index contributed by atoms with van der Waals surface area (Å²) in [4.78, 5) is 46.0. The number of furan rings is 2. The number of halogens is 1. The maximum Gasteiger partial charge on any atom is 0.338 e. The average Bonchev–Trinajstić information content (AvgIpc) is 3.63. The summed E-state index contributed by atoms with van der Waals surface area (Å²) < 4.78 is 16.4. The number of carbonyl (C=O) groups excluding carboxylic acids is 2. The lowest BCUT2D eigenvalue weighted by atomic mass is 10.1. The molecule has 2 aromatic carbocycles. The first-order chi connectivity index (χ1) is 18.3. The van der Waals surface area contributed by atoms with Crippen molar-refractivity contribution < 1.29 is 33.1 Å². The zero-order valence-corrected chi connectivity index (χ0v) is 20.4. The molecule has 3 aromatic heterocycles. The number of ether oxygens (including phenoxy) is 1. The zero-order chi connectivity index (χ0) is 26.8. The first-order valence-electron chi connectivity index (χ1n) is 11.2. The van der Waals surface area contributed by atoms with Crippen molar-refractivity contribution in [2.75, 3.05) is 5.32 Å². The third-order valence-corrected chi connectivity index (χ3v) is 5.86. The van der Waals surface area contributed by atoms with E-state index in [1.165, 1.54) is 49.8 Å². The maximum absolute atomic E-state index is 12.8. The first kappa shape index (κ1) is 24.7. The summed E-state index contributed by atoms with van der Waals surface area (Å²) in [6.45, 7) is 1.38. The molecule has 0 radical (unpaired) electrons. The number of amides is 1. The molecule has 0 aliphatic rings. The standard InChI is InChI=1S/C27H18ClN3O7/c1-14(25(32)31-19-12-15(26(33)34)6-8-17(19)28)38-27(35)16-7-9-18-20(13-16)30-24(22-5-3-11-37-22)23(29-18)21-4-2-10-36-21/h2-14H,1H3,(H,31,32)(H,33,34).